The van der Waals surface area contributed by atoms with Crippen LogP contribution in [0.25, 0.3) is 5.69 Å². The molecule has 0 fully saturated rings. The fourth-order valence-corrected chi connectivity index (χ4v) is 2.58. The highest BCUT2D eigenvalue weighted by atomic mass is 35.5. The summed E-state index contributed by atoms with van der Waals surface area (Å²) < 4.78 is 2.07. The monoisotopic (exact) mass is 245 g/mol. The third-order valence-electron chi connectivity index (χ3n) is 3.20. The average molecular weight is 246 g/mol. The minimum atomic E-state index is 0.257. The van der Waals surface area contributed by atoms with Crippen LogP contribution in [0.5, 0.6) is 0 Å². The predicted octanol–water partition coefficient (Wildman–Crippen LogP) is 3.65. The van der Waals surface area contributed by atoms with E-state index in [1.165, 1.54) is 0 Å². The van der Waals surface area contributed by atoms with Gasteiger partial charge in [0.15, 0.2) is 5.78 Å². The van der Waals surface area contributed by atoms with Crippen LogP contribution in [-0.2, 0) is 6.42 Å². The fourth-order valence-electron chi connectivity index (χ4n) is 2.39. The van der Waals surface area contributed by atoms with Crippen LogP contribution in [0, 0.1) is 0 Å². The highest BCUT2D eigenvalue weighted by Gasteiger charge is 2.20. The molecule has 1 aliphatic carbocycles. The number of aromatic nitrogens is 1. The SMILES string of the molecule is O=C1CCCc2c1ccn2-c1cccc(Cl)c1. The molecule has 0 radical (unpaired) electrons. The molecule has 1 aromatic heterocycles. The summed E-state index contributed by atoms with van der Waals surface area (Å²) in [5.74, 6) is 0.257. The van der Waals surface area contributed by atoms with Crippen molar-refractivity contribution in [3.05, 3.63) is 52.8 Å². The molecule has 86 valence electrons. The van der Waals surface area contributed by atoms with E-state index in [0.29, 0.717) is 11.4 Å². The fraction of sp³-hybridized carbons (Fsp3) is 0.214. The number of Topliss-reactive ketones (excluding diaryl/α,β-unsaturated/α-hetero) is 1. The van der Waals surface area contributed by atoms with E-state index in [0.717, 1.165) is 29.8 Å². The number of halogens is 1. The molecule has 0 unspecified atom stereocenters. The molecule has 0 amide bonds. The van der Waals surface area contributed by atoms with Crippen molar-refractivity contribution in [2.75, 3.05) is 0 Å². The van der Waals surface area contributed by atoms with E-state index in [2.05, 4.69) is 4.57 Å². The number of hydrogen-bond acceptors (Lipinski definition) is 1. The van der Waals surface area contributed by atoms with E-state index in [1.54, 1.807) is 0 Å². The number of carbonyl (C=O) groups excluding carboxylic acids is 1. The Kier molecular flexibility index (Phi) is 2.52. The molecule has 0 aliphatic heterocycles. The zero-order chi connectivity index (χ0) is 11.8. The number of nitrogens with zero attached hydrogens (tertiary/aromatic N) is 1. The average Bonchev–Trinajstić information content (AvgIpc) is 2.74. The Morgan fingerprint density at radius 3 is 2.88 bits per heavy atom. The summed E-state index contributed by atoms with van der Waals surface area (Å²) in [4.78, 5) is 11.8. The maximum atomic E-state index is 11.8. The van der Waals surface area contributed by atoms with Gasteiger partial charge in [0.2, 0.25) is 0 Å². The minimum Gasteiger partial charge on any atom is -0.320 e. The second-order valence-electron chi connectivity index (χ2n) is 4.30. The van der Waals surface area contributed by atoms with E-state index in [4.69, 9.17) is 11.6 Å². The van der Waals surface area contributed by atoms with Crippen molar-refractivity contribution in [2.45, 2.75) is 19.3 Å². The summed E-state index contributed by atoms with van der Waals surface area (Å²) in [6.07, 6.45) is 4.53. The molecule has 17 heavy (non-hydrogen) atoms. The second kappa shape index (κ2) is 4.04. The van der Waals surface area contributed by atoms with Gasteiger partial charge in [0.1, 0.15) is 0 Å². The molecule has 1 aliphatic rings. The van der Waals surface area contributed by atoms with Crippen LogP contribution in [0.15, 0.2) is 36.5 Å². The van der Waals surface area contributed by atoms with Gasteiger partial charge in [0.05, 0.1) is 0 Å². The molecule has 0 spiro atoms. The zero-order valence-electron chi connectivity index (χ0n) is 9.32. The Labute approximate surface area is 105 Å². The number of hydrogen-bond donors (Lipinski definition) is 0. The largest absolute Gasteiger partial charge is 0.320 e. The lowest BCUT2D eigenvalue weighted by Gasteiger charge is -2.15. The smallest absolute Gasteiger partial charge is 0.164 e. The summed E-state index contributed by atoms with van der Waals surface area (Å²) in [5, 5.41) is 0.715. The summed E-state index contributed by atoms with van der Waals surface area (Å²) in [6, 6.07) is 9.62. The van der Waals surface area contributed by atoms with Crippen LogP contribution in [0.2, 0.25) is 5.02 Å². The molecule has 2 nitrogen and oxygen atoms in total. The quantitative estimate of drug-likeness (QED) is 0.752. The van der Waals surface area contributed by atoms with Crippen LogP contribution < -0.4 is 0 Å². The summed E-state index contributed by atoms with van der Waals surface area (Å²) in [6.45, 7) is 0. The highest BCUT2D eigenvalue weighted by Crippen LogP contribution is 2.26. The molecule has 1 aromatic carbocycles. The molecular weight excluding hydrogens is 234 g/mol. The van der Waals surface area contributed by atoms with Crippen molar-refractivity contribution in [3.8, 4) is 5.69 Å². The summed E-state index contributed by atoms with van der Waals surface area (Å²) in [5.41, 5.74) is 3.01. The molecule has 3 heteroatoms. The Bertz CT molecular complexity index is 586. The summed E-state index contributed by atoms with van der Waals surface area (Å²) in [7, 11) is 0. The van der Waals surface area contributed by atoms with Gasteiger partial charge in [-0.3, -0.25) is 4.79 Å². The lowest BCUT2D eigenvalue weighted by molar-refractivity contribution is 0.0972. The van der Waals surface area contributed by atoms with E-state index in [9.17, 15) is 4.79 Å². The van der Waals surface area contributed by atoms with Crippen molar-refractivity contribution in [2.24, 2.45) is 0 Å². The zero-order valence-corrected chi connectivity index (χ0v) is 10.1. The lowest BCUT2D eigenvalue weighted by Crippen LogP contribution is -2.12. The molecule has 2 aromatic rings. The van der Waals surface area contributed by atoms with E-state index < -0.39 is 0 Å². The van der Waals surface area contributed by atoms with Crippen LogP contribution in [0.3, 0.4) is 0 Å². The van der Waals surface area contributed by atoms with E-state index >= 15 is 0 Å². The lowest BCUT2D eigenvalue weighted by atomic mass is 9.97. The molecule has 1 heterocycles. The standard InChI is InChI=1S/C14H12ClNO/c15-10-3-1-4-11(9-10)16-8-7-12-13(16)5-2-6-14(12)17/h1,3-4,7-9H,2,5-6H2. The van der Waals surface area contributed by atoms with Gasteiger partial charge in [-0.15, -0.1) is 0 Å². The van der Waals surface area contributed by atoms with E-state index in [-0.39, 0.29) is 5.78 Å². The van der Waals surface area contributed by atoms with Crippen LogP contribution in [0.4, 0.5) is 0 Å². The molecule has 0 saturated heterocycles. The number of fused-ring (bicyclic) bond motifs is 1. The molecule has 0 bridgehead atoms. The van der Waals surface area contributed by atoms with Crippen molar-refractivity contribution < 1.29 is 4.79 Å². The van der Waals surface area contributed by atoms with Gasteiger partial charge in [-0.25, -0.2) is 0 Å². The first-order valence-electron chi connectivity index (χ1n) is 5.75. The predicted molar refractivity (Wildman–Crippen MR) is 68.0 cm³/mol. The van der Waals surface area contributed by atoms with Crippen molar-refractivity contribution in [1.29, 1.82) is 0 Å². The Morgan fingerprint density at radius 2 is 2.06 bits per heavy atom. The first-order valence-corrected chi connectivity index (χ1v) is 6.13. The van der Waals surface area contributed by atoms with E-state index in [1.807, 2.05) is 36.5 Å². The van der Waals surface area contributed by atoms with Crippen LogP contribution >= 0.6 is 11.6 Å². The van der Waals surface area contributed by atoms with Crippen LogP contribution in [-0.4, -0.2) is 10.4 Å². The number of carbonyl (C=O) groups is 1. The third-order valence-corrected chi connectivity index (χ3v) is 3.43. The number of benzene rings is 1. The second-order valence-corrected chi connectivity index (χ2v) is 4.74. The topological polar surface area (TPSA) is 22.0 Å². The Balaban J connectivity index is 2.13. The number of ketones is 1. The highest BCUT2D eigenvalue weighted by molar-refractivity contribution is 6.30. The molecule has 0 saturated carbocycles. The van der Waals surface area contributed by atoms with Gasteiger partial charge < -0.3 is 4.57 Å². The Morgan fingerprint density at radius 1 is 1.18 bits per heavy atom. The third kappa shape index (κ3) is 1.79. The molecule has 0 atom stereocenters. The Hall–Kier alpha value is -1.54. The van der Waals surface area contributed by atoms with Gasteiger partial charge in [0, 0.05) is 34.6 Å². The van der Waals surface area contributed by atoms with Gasteiger partial charge in [-0.1, -0.05) is 17.7 Å². The summed E-state index contributed by atoms with van der Waals surface area (Å²) >= 11 is 5.99. The van der Waals surface area contributed by atoms with Crippen molar-refractivity contribution >= 4 is 17.4 Å². The molecular formula is C14H12ClNO. The maximum Gasteiger partial charge on any atom is 0.164 e. The van der Waals surface area contributed by atoms with Gasteiger partial charge in [-0.2, -0.15) is 0 Å². The van der Waals surface area contributed by atoms with Gasteiger partial charge in [-0.05, 0) is 37.1 Å². The first kappa shape index (κ1) is 10.6. The van der Waals surface area contributed by atoms with Gasteiger partial charge in [0.25, 0.3) is 0 Å². The first-order chi connectivity index (χ1) is 8.25. The van der Waals surface area contributed by atoms with Crippen LogP contribution in [0.1, 0.15) is 28.9 Å². The molecule has 0 N–H and O–H groups in total. The number of rotatable bonds is 1. The minimum absolute atomic E-state index is 0.257. The van der Waals surface area contributed by atoms with Gasteiger partial charge >= 0.3 is 0 Å². The molecule has 3 rings (SSSR count). The maximum absolute atomic E-state index is 11.8. The van der Waals surface area contributed by atoms with Crippen molar-refractivity contribution in [3.63, 3.8) is 0 Å². The normalized spacial score (nSPS) is 14.8. The van der Waals surface area contributed by atoms with Crippen molar-refractivity contribution in [1.82, 2.24) is 4.57 Å².